The van der Waals surface area contributed by atoms with Gasteiger partial charge in [-0.3, -0.25) is 0 Å². The van der Waals surface area contributed by atoms with Crippen LogP contribution in [0.1, 0.15) is 0 Å². The Kier molecular flexibility index (Phi) is 5.25. The van der Waals surface area contributed by atoms with Crippen LogP contribution in [0.15, 0.2) is 158 Å². The van der Waals surface area contributed by atoms with Crippen LogP contribution in [-0.2, 0) is 0 Å². The molecule has 48 heavy (non-hydrogen) atoms. The molecule has 0 amide bonds. The number of anilines is 6. The molecular weight excluding hydrogens is 586 g/mol. The van der Waals surface area contributed by atoms with Crippen LogP contribution < -0.4 is 52.1 Å². The van der Waals surface area contributed by atoms with Crippen LogP contribution in [0.3, 0.4) is 0 Å². The Hall–Kier alpha value is -6.13. The van der Waals surface area contributed by atoms with E-state index in [-0.39, 0.29) is 13.4 Å². The highest BCUT2D eigenvalue weighted by atomic mass is 16.5. The summed E-state index contributed by atoms with van der Waals surface area (Å²) in [5.41, 5.74) is 13.6. The predicted octanol–water partition coefficient (Wildman–Crippen LogP) is 6.50. The summed E-state index contributed by atoms with van der Waals surface area (Å²) in [5, 5.41) is 0. The van der Waals surface area contributed by atoms with Crippen molar-refractivity contribution in [2.24, 2.45) is 0 Å². The third kappa shape index (κ3) is 3.36. The number of ether oxygens (including phenoxy) is 2. The molecule has 0 spiro atoms. The maximum absolute atomic E-state index is 7.22. The minimum absolute atomic E-state index is 0.0494. The van der Waals surface area contributed by atoms with Gasteiger partial charge < -0.3 is 19.3 Å². The monoisotopic (exact) mass is 612 g/mol. The molecule has 4 heterocycles. The van der Waals surface area contributed by atoms with Crippen molar-refractivity contribution in [3.05, 3.63) is 158 Å². The topological polar surface area (TPSA) is 24.9 Å². The lowest BCUT2D eigenvalue weighted by atomic mass is 9.31. The Morgan fingerprint density at radius 2 is 0.708 bits per heavy atom. The summed E-state index contributed by atoms with van der Waals surface area (Å²) in [6, 6.07) is 56.0. The summed E-state index contributed by atoms with van der Waals surface area (Å²) in [4.78, 5) is 4.80. The SMILES string of the molecule is c1ccc(N2c3ccccc3B3c4ccccc4Oc4c3c2c2c3c4N(c4ccccc4)c4ccccc4B3c3ccccc3O2)cc1. The quantitative estimate of drug-likeness (QED) is 0.209. The Balaban J connectivity index is 1.35. The number of para-hydroxylation sites is 6. The van der Waals surface area contributed by atoms with Crippen molar-refractivity contribution >= 4 is 80.3 Å². The van der Waals surface area contributed by atoms with Gasteiger partial charge in [0, 0.05) is 33.7 Å². The minimum atomic E-state index is -0.0494. The molecule has 0 N–H and O–H groups in total. The fraction of sp³-hybridized carbons (Fsp3) is 0. The van der Waals surface area contributed by atoms with Crippen LogP contribution in [0, 0.1) is 0 Å². The second-order valence-corrected chi connectivity index (χ2v) is 12.8. The van der Waals surface area contributed by atoms with Gasteiger partial charge in [-0.1, -0.05) is 109 Å². The Morgan fingerprint density at radius 1 is 0.354 bits per heavy atom. The van der Waals surface area contributed by atoms with Crippen LogP contribution in [0.5, 0.6) is 23.0 Å². The van der Waals surface area contributed by atoms with E-state index >= 15 is 0 Å². The van der Waals surface area contributed by atoms with Gasteiger partial charge in [0.15, 0.2) is 0 Å². The summed E-state index contributed by atoms with van der Waals surface area (Å²) in [5.74, 6) is 3.55. The van der Waals surface area contributed by atoms with Crippen molar-refractivity contribution in [2.75, 3.05) is 9.80 Å². The number of fused-ring (bicyclic) bond motifs is 10. The molecule has 11 rings (SSSR count). The molecule has 0 fully saturated rings. The normalized spacial score (nSPS) is 14.0. The van der Waals surface area contributed by atoms with E-state index in [0.717, 1.165) is 79.0 Å². The fourth-order valence-electron chi connectivity index (χ4n) is 8.50. The Morgan fingerprint density at radius 3 is 1.15 bits per heavy atom. The van der Waals surface area contributed by atoms with E-state index in [1.165, 1.54) is 10.9 Å². The van der Waals surface area contributed by atoms with Gasteiger partial charge in [0.25, 0.3) is 13.4 Å². The number of hydrogen-bond acceptors (Lipinski definition) is 4. The molecule has 0 aromatic heterocycles. The predicted molar refractivity (Wildman–Crippen MR) is 198 cm³/mol. The standard InChI is InChI=1S/C42H26B2N2O2/c1-3-15-27(16-4-1)45-33-23-11-7-19-29(33)43-31-21-9-14-26-36(31)48-42-37(43)39(45)41-38-40(42)46(28-17-5-2-6-18-28)34-24-12-8-20-30(34)44(38)32-22-10-13-25-35(32)47-41/h1-26H. The number of nitrogens with zero attached hydrogens (tertiary/aromatic N) is 2. The fourth-order valence-corrected chi connectivity index (χ4v) is 8.50. The molecule has 7 aromatic rings. The van der Waals surface area contributed by atoms with Crippen LogP contribution in [0.2, 0.25) is 0 Å². The van der Waals surface area contributed by atoms with Crippen molar-refractivity contribution in [3.63, 3.8) is 0 Å². The van der Waals surface area contributed by atoms with Crippen LogP contribution in [0.4, 0.5) is 34.1 Å². The summed E-state index contributed by atoms with van der Waals surface area (Å²) in [6.07, 6.45) is 0. The van der Waals surface area contributed by atoms with Gasteiger partial charge in [-0.05, 0) is 70.4 Å². The zero-order chi connectivity index (χ0) is 31.3. The first-order valence-electron chi connectivity index (χ1n) is 16.5. The number of hydrogen-bond donors (Lipinski definition) is 0. The molecule has 0 bridgehead atoms. The van der Waals surface area contributed by atoms with Crippen molar-refractivity contribution < 1.29 is 9.47 Å². The molecule has 0 unspecified atom stereocenters. The molecule has 6 heteroatoms. The Labute approximate surface area is 279 Å². The van der Waals surface area contributed by atoms with Gasteiger partial charge in [0.1, 0.15) is 23.0 Å². The lowest BCUT2D eigenvalue weighted by Crippen LogP contribution is -2.64. The first kappa shape index (κ1) is 26.0. The molecule has 0 saturated carbocycles. The summed E-state index contributed by atoms with van der Waals surface area (Å²) < 4.78 is 14.4. The zero-order valence-corrected chi connectivity index (χ0v) is 25.9. The van der Waals surface area contributed by atoms with Gasteiger partial charge in [0.05, 0.1) is 11.4 Å². The van der Waals surface area contributed by atoms with E-state index in [9.17, 15) is 0 Å². The molecule has 4 aliphatic rings. The highest BCUT2D eigenvalue weighted by Gasteiger charge is 2.51. The van der Waals surface area contributed by atoms with Crippen LogP contribution >= 0.6 is 0 Å². The largest absolute Gasteiger partial charge is 0.456 e. The maximum atomic E-state index is 7.22. The number of rotatable bonds is 2. The van der Waals surface area contributed by atoms with Gasteiger partial charge in [-0.2, -0.15) is 0 Å². The smallest absolute Gasteiger partial charge is 0.256 e. The summed E-state index contributed by atoms with van der Waals surface area (Å²) in [7, 11) is 0. The third-order valence-electron chi connectivity index (χ3n) is 10.3. The summed E-state index contributed by atoms with van der Waals surface area (Å²) in [6.45, 7) is -0.0987. The van der Waals surface area contributed by atoms with E-state index in [4.69, 9.17) is 9.47 Å². The molecule has 4 nitrogen and oxygen atoms in total. The Bertz CT molecular complexity index is 2280. The lowest BCUT2D eigenvalue weighted by Gasteiger charge is -2.47. The molecule has 0 saturated heterocycles. The zero-order valence-electron chi connectivity index (χ0n) is 25.9. The van der Waals surface area contributed by atoms with Crippen molar-refractivity contribution in [1.29, 1.82) is 0 Å². The summed E-state index contributed by atoms with van der Waals surface area (Å²) >= 11 is 0. The molecule has 0 radical (unpaired) electrons. The van der Waals surface area contributed by atoms with E-state index in [1.807, 2.05) is 0 Å². The first-order valence-corrected chi connectivity index (χ1v) is 16.5. The molecule has 222 valence electrons. The second-order valence-electron chi connectivity index (χ2n) is 12.8. The van der Waals surface area contributed by atoms with E-state index in [0.29, 0.717) is 0 Å². The van der Waals surface area contributed by atoms with Crippen molar-refractivity contribution in [1.82, 2.24) is 0 Å². The van der Waals surface area contributed by atoms with Crippen molar-refractivity contribution in [3.8, 4) is 23.0 Å². The van der Waals surface area contributed by atoms with Gasteiger partial charge >= 0.3 is 0 Å². The molecule has 7 aromatic carbocycles. The van der Waals surface area contributed by atoms with Gasteiger partial charge in [-0.15, -0.1) is 0 Å². The second kappa shape index (κ2) is 9.69. The molecule has 4 aliphatic heterocycles. The average molecular weight is 612 g/mol. The van der Waals surface area contributed by atoms with E-state index < -0.39 is 0 Å². The first-order chi connectivity index (χ1) is 23.9. The van der Waals surface area contributed by atoms with Gasteiger partial charge in [-0.25, -0.2) is 0 Å². The van der Waals surface area contributed by atoms with E-state index in [1.54, 1.807) is 0 Å². The number of benzene rings is 7. The highest BCUT2D eigenvalue weighted by Crippen LogP contribution is 2.53. The lowest BCUT2D eigenvalue weighted by molar-refractivity contribution is 0.477. The molecule has 0 atom stereocenters. The van der Waals surface area contributed by atoms with E-state index in [2.05, 4.69) is 168 Å². The highest BCUT2D eigenvalue weighted by molar-refractivity contribution is 7.02. The molecular formula is C42H26B2N2O2. The minimum Gasteiger partial charge on any atom is -0.456 e. The van der Waals surface area contributed by atoms with Crippen LogP contribution in [-0.4, -0.2) is 13.4 Å². The van der Waals surface area contributed by atoms with Crippen molar-refractivity contribution in [2.45, 2.75) is 0 Å². The van der Waals surface area contributed by atoms with Gasteiger partial charge in [0.2, 0.25) is 0 Å². The molecule has 0 aliphatic carbocycles. The third-order valence-corrected chi connectivity index (χ3v) is 10.3. The average Bonchev–Trinajstić information content (AvgIpc) is 3.16. The van der Waals surface area contributed by atoms with Crippen LogP contribution in [0.25, 0.3) is 0 Å². The maximum Gasteiger partial charge on any atom is 0.256 e.